The number of aromatic nitrogens is 4. The molecule has 0 fully saturated rings. The predicted molar refractivity (Wildman–Crippen MR) is 78.2 cm³/mol. The standard InChI is InChI=1S/C14H18F3N5O/c1-9(7-19-13-18-5-4-12(20-13)23-3)8-22-11(14(15,16)17)6-10(2)21-22/h4-6,9H,7-8H2,1-3H3,(H,18,19,20)/t9-/m0/s1. The summed E-state index contributed by atoms with van der Waals surface area (Å²) in [6, 6.07) is 2.65. The zero-order valence-corrected chi connectivity index (χ0v) is 13.1. The summed E-state index contributed by atoms with van der Waals surface area (Å²) in [7, 11) is 1.49. The third-order valence-electron chi connectivity index (χ3n) is 3.12. The molecule has 2 aromatic heterocycles. The summed E-state index contributed by atoms with van der Waals surface area (Å²) in [5.41, 5.74) is -0.395. The van der Waals surface area contributed by atoms with Crippen molar-refractivity contribution in [2.75, 3.05) is 19.0 Å². The fourth-order valence-corrected chi connectivity index (χ4v) is 2.08. The van der Waals surface area contributed by atoms with E-state index in [1.807, 2.05) is 6.92 Å². The minimum Gasteiger partial charge on any atom is -0.481 e. The molecule has 1 atom stereocenters. The second kappa shape index (κ2) is 6.84. The number of nitrogens with zero attached hydrogens (tertiary/aromatic N) is 4. The van der Waals surface area contributed by atoms with Crippen LogP contribution in [0.4, 0.5) is 19.1 Å². The van der Waals surface area contributed by atoms with Gasteiger partial charge in [-0.2, -0.15) is 23.3 Å². The number of nitrogens with one attached hydrogen (secondary N) is 1. The van der Waals surface area contributed by atoms with Crippen LogP contribution in [0.3, 0.4) is 0 Å². The summed E-state index contributed by atoms with van der Waals surface area (Å²) in [6.45, 7) is 3.91. The first-order chi connectivity index (χ1) is 10.8. The monoisotopic (exact) mass is 329 g/mol. The molecule has 2 rings (SSSR count). The van der Waals surface area contributed by atoms with Gasteiger partial charge in [-0.25, -0.2) is 4.98 Å². The molecule has 0 aliphatic heterocycles. The lowest BCUT2D eigenvalue weighted by atomic mass is 10.2. The van der Waals surface area contributed by atoms with Gasteiger partial charge in [0.1, 0.15) is 5.69 Å². The maximum Gasteiger partial charge on any atom is 0.433 e. The number of anilines is 1. The summed E-state index contributed by atoms with van der Waals surface area (Å²) in [4.78, 5) is 8.11. The largest absolute Gasteiger partial charge is 0.481 e. The molecular weight excluding hydrogens is 311 g/mol. The molecule has 0 radical (unpaired) electrons. The van der Waals surface area contributed by atoms with Crippen molar-refractivity contribution in [3.8, 4) is 5.88 Å². The number of ether oxygens (including phenoxy) is 1. The fourth-order valence-electron chi connectivity index (χ4n) is 2.08. The highest BCUT2D eigenvalue weighted by Crippen LogP contribution is 2.30. The molecule has 2 heterocycles. The smallest absolute Gasteiger partial charge is 0.433 e. The third-order valence-corrected chi connectivity index (χ3v) is 3.12. The molecule has 0 aromatic carbocycles. The summed E-state index contributed by atoms with van der Waals surface area (Å²) in [5.74, 6) is 0.673. The third kappa shape index (κ3) is 4.57. The molecule has 0 bridgehead atoms. The van der Waals surface area contributed by atoms with E-state index in [0.717, 1.165) is 10.7 Å². The van der Waals surface area contributed by atoms with Gasteiger partial charge in [-0.3, -0.25) is 4.68 Å². The average Bonchev–Trinajstić information content (AvgIpc) is 2.86. The maximum absolute atomic E-state index is 12.9. The van der Waals surface area contributed by atoms with Crippen molar-refractivity contribution in [2.24, 2.45) is 5.92 Å². The summed E-state index contributed by atoms with van der Waals surface area (Å²) in [5, 5.41) is 6.90. The Morgan fingerprint density at radius 2 is 2.13 bits per heavy atom. The van der Waals surface area contributed by atoms with Gasteiger partial charge in [0.05, 0.1) is 12.8 Å². The SMILES string of the molecule is COc1ccnc(NC[C@H](C)Cn2nc(C)cc2C(F)(F)F)n1. The van der Waals surface area contributed by atoms with Gasteiger partial charge < -0.3 is 10.1 Å². The molecule has 0 unspecified atom stereocenters. The van der Waals surface area contributed by atoms with E-state index >= 15 is 0 Å². The van der Waals surface area contributed by atoms with E-state index in [0.29, 0.717) is 24.1 Å². The molecule has 6 nitrogen and oxygen atoms in total. The molecule has 0 spiro atoms. The van der Waals surface area contributed by atoms with Crippen LogP contribution in [0.15, 0.2) is 18.3 Å². The first-order valence-corrected chi connectivity index (χ1v) is 7.02. The van der Waals surface area contributed by atoms with Gasteiger partial charge in [0.15, 0.2) is 0 Å². The number of hydrogen-bond acceptors (Lipinski definition) is 5. The van der Waals surface area contributed by atoms with Crippen molar-refractivity contribution in [1.82, 2.24) is 19.7 Å². The van der Waals surface area contributed by atoms with Crippen LogP contribution in [-0.2, 0) is 12.7 Å². The summed E-state index contributed by atoms with van der Waals surface area (Å²) < 4.78 is 44.8. The van der Waals surface area contributed by atoms with Gasteiger partial charge in [-0.1, -0.05) is 6.92 Å². The van der Waals surface area contributed by atoms with Crippen molar-refractivity contribution in [1.29, 1.82) is 0 Å². The Morgan fingerprint density at radius 3 is 2.78 bits per heavy atom. The van der Waals surface area contributed by atoms with E-state index in [1.165, 1.54) is 13.3 Å². The summed E-state index contributed by atoms with van der Waals surface area (Å²) >= 11 is 0. The molecule has 0 saturated carbocycles. The number of alkyl halides is 3. The number of methoxy groups -OCH3 is 1. The van der Waals surface area contributed by atoms with Crippen LogP contribution in [0, 0.1) is 12.8 Å². The molecular formula is C14H18F3N5O. The number of aryl methyl sites for hydroxylation is 1. The zero-order valence-electron chi connectivity index (χ0n) is 13.1. The Labute approximate surface area is 131 Å². The minimum atomic E-state index is -4.41. The number of rotatable bonds is 6. The Bertz CT molecular complexity index is 656. The van der Waals surface area contributed by atoms with Crippen molar-refractivity contribution in [3.05, 3.63) is 29.7 Å². The van der Waals surface area contributed by atoms with Gasteiger partial charge in [-0.15, -0.1) is 0 Å². The molecule has 0 aliphatic rings. The Hall–Kier alpha value is -2.32. The lowest BCUT2D eigenvalue weighted by Crippen LogP contribution is -2.22. The second-order valence-corrected chi connectivity index (χ2v) is 5.26. The van der Waals surface area contributed by atoms with Gasteiger partial charge in [0.2, 0.25) is 11.8 Å². The highest BCUT2D eigenvalue weighted by atomic mass is 19.4. The minimum absolute atomic E-state index is 0.106. The molecule has 23 heavy (non-hydrogen) atoms. The molecule has 9 heteroatoms. The normalized spacial score (nSPS) is 13.0. The topological polar surface area (TPSA) is 64.9 Å². The van der Waals surface area contributed by atoms with Crippen LogP contribution in [0.25, 0.3) is 0 Å². The predicted octanol–water partition coefficient (Wildman–Crippen LogP) is 2.76. The Morgan fingerprint density at radius 1 is 1.39 bits per heavy atom. The van der Waals surface area contributed by atoms with E-state index in [-0.39, 0.29) is 12.5 Å². The number of halogens is 3. The second-order valence-electron chi connectivity index (χ2n) is 5.26. The molecule has 0 saturated heterocycles. The fraction of sp³-hybridized carbons (Fsp3) is 0.500. The van der Waals surface area contributed by atoms with Gasteiger partial charge in [0.25, 0.3) is 0 Å². The Balaban J connectivity index is 1.98. The van der Waals surface area contributed by atoms with Crippen molar-refractivity contribution in [3.63, 3.8) is 0 Å². The van der Waals surface area contributed by atoms with Gasteiger partial charge >= 0.3 is 6.18 Å². The molecule has 0 aliphatic carbocycles. The van der Waals surface area contributed by atoms with E-state index in [2.05, 4.69) is 20.4 Å². The first kappa shape index (κ1) is 17.0. The van der Waals surface area contributed by atoms with Crippen molar-refractivity contribution < 1.29 is 17.9 Å². The number of hydrogen-bond donors (Lipinski definition) is 1. The first-order valence-electron chi connectivity index (χ1n) is 7.02. The highest BCUT2D eigenvalue weighted by Gasteiger charge is 2.35. The average molecular weight is 329 g/mol. The van der Waals surface area contributed by atoms with E-state index in [1.54, 1.807) is 13.0 Å². The van der Waals surface area contributed by atoms with Crippen molar-refractivity contribution >= 4 is 5.95 Å². The van der Waals surface area contributed by atoms with Gasteiger partial charge in [0, 0.05) is 25.4 Å². The molecule has 126 valence electrons. The van der Waals surface area contributed by atoms with E-state index in [4.69, 9.17) is 4.74 Å². The van der Waals surface area contributed by atoms with Gasteiger partial charge in [-0.05, 0) is 18.9 Å². The molecule has 2 aromatic rings. The lowest BCUT2D eigenvalue weighted by Gasteiger charge is -2.16. The van der Waals surface area contributed by atoms with Crippen LogP contribution in [0.5, 0.6) is 5.88 Å². The van der Waals surface area contributed by atoms with Crippen molar-refractivity contribution in [2.45, 2.75) is 26.6 Å². The van der Waals surface area contributed by atoms with Crippen LogP contribution in [0.2, 0.25) is 0 Å². The molecule has 1 N–H and O–H groups in total. The van der Waals surface area contributed by atoms with E-state index in [9.17, 15) is 13.2 Å². The molecule has 0 amide bonds. The lowest BCUT2D eigenvalue weighted by molar-refractivity contribution is -0.144. The highest BCUT2D eigenvalue weighted by molar-refractivity contribution is 5.27. The summed E-state index contributed by atoms with van der Waals surface area (Å²) in [6.07, 6.45) is -2.87. The quantitative estimate of drug-likeness (QED) is 0.883. The van der Waals surface area contributed by atoms with Crippen LogP contribution >= 0.6 is 0 Å². The van der Waals surface area contributed by atoms with Crippen LogP contribution in [-0.4, -0.2) is 33.4 Å². The zero-order chi connectivity index (χ0) is 17.0. The van der Waals surface area contributed by atoms with Crippen LogP contribution < -0.4 is 10.1 Å². The van der Waals surface area contributed by atoms with E-state index < -0.39 is 11.9 Å². The van der Waals surface area contributed by atoms with Crippen LogP contribution in [0.1, 0.15) is 18.3 Å². The maximum atomic E-state index is 12.9. The Kier molecular flexibility index (Phi) is 5.07.